The minimum Gasteiger partial charge on any atom is -0.369 e. The minimum atomic E-state index is 0.958. The molecular formula is C14H16BrNS. The number of halogens is 1. The van der Waals surface area contributed by atoms with Gasteiger partial charge in [-0.1, -0.05) is 6.07 Å². The Balaban J connectivity index is 2.16. The van der Waals surface area contributed by atoms with E-state index >= 15 is 0 Å². The van der Waals surface area contributed by atoms with Crippen LogP contribution in [0.15, 0.2) is 34.1 Å². The van der Waals surface area contributed by atoms with Crippen molar-refractivity contribution in [2.45, 2.75) is 20.4 Å². The van der Waals surface area contributed by atoms with Crippen molar-refractivity contribution < 1.29 is 0 Å². The lowest BCUT2D eigenvalue weighted by Gasteiger charge is -2.19. The first kappa shape index (κ1) is 12.7. The van der Waals surface area contributed by atoms with Gasteiger partial charge in [0.05, 0.1) is 10.3 Å². The van der Waals surface area contributed by atoms with Gasteiger partial charge in [-0.3, -0.25) is 0 Å². The second-order valence-corrected chi connectivity index (χ2v) is 6.96. The van der Waals surface area contributed by atoms with E-state index in [9.17, 15) is 0 Å². The summed E-state index contributed by atoms with van der Waals surface area (Å²) in [6.45, 7) is 5.25. The maximum absolute atomic E-state index is 3.50. The van der Waals surface area contributed by atoms with Crippen molar-refractivity contribution in [2.24, 2.45) is 0 Å². The maximum Gasteiger partial charge on any atom is 0.0702 e. The Hall–Kier alpha value is -0.800. The van der Waals surface area contributed by atoms with E-state index in [0.717, 1.165) is 6.54 Å². The molecule has 1 aromatic carbocycles. The molecule has 0 radical (unpaired) electrons. The third-order valence-corrected chi connectivity index (χ3v) is 4.28. The van der Waals surface area contributed by atoms with E-state index in [-0.39, 0.29) is 0 Å². The van der Waals surface area contributed by atoms with Crippen LogP contribution in [0.1, 0.15) is 16.0 Å². The van der Waals surface area contributed by atoms with E-state index in [0.29, 0.717) is 0 Å². The van der Waals surface area contributed by atoms with Crippen molar-refractivity contribution in [1.82, 2.24) is 0 Å². The van der Waals surface area contributed by atoms with Gasteiger partial charge >= 0.3 is 0 Å². The predicted molar refractivity (Wildman–Crippen MR) is 80.0 cm³/mol. The topological polar surface area (TPSA) is 3.24 Å². The summed E-state index contributed by atoms with van der Waals surface area (Å²) in [7, 11) is 2.14. The number of nitrogens with zero attached hydrogens (tertiary/aromatic N) is 1. The number of hydrogen-bond donors (Lipinski definition) is 0. The number of anilines is 1. The third-order valence-electron chi connectivity index (χ3n) is 2.67. The summed E-state index contributed by atoms with van der Waals surface area (Å²) >= 11 is 5.30. The number of rotatable bonds is 3. The van der Waals surface area contributed by atoms with E-state index < -0.39 is 0 Å². The van der Waals surface area contributed by atoms with Crippen molar-refractivity contribution in [3.63, 3.8) is 0 Å². The molecule has 1 aromatic heterocycles. The summed E-state index contributed by atoms with van der Waals surface area (Å²) in [5.41, 5.74) is 3.92. The SMILES string of the molecule is Cc1cc(C)cc(N(C)Cc2ccc(Br)s2)c1. The maximum atomic E-state index is 3.50. The molecule has 0 saturated heterocycles. The number of hydrogen-bond acceptors (Lipinski definition) is 2. The summed E-state index contributed by atoms with van der Waals surface area (Å²) in [5, 5.41) is 0. The molecule has 0 aliphatic carbocycles. The van der Waals surface area contributed by atoms with Crippen LogP contribution in [-0.4, -0.2) is 7.05 Å². The zero-order valence-electron chi connectivity index (χ0n) is 10.3. The molecule has 1 nitrogen and oxygen atoms in total. The van der Waals surface area contributed by atoms with E-state index in [1.807, 2.05) is 0 Å². The largest absolute Gasteiger partial charge is 0.369 e. The van der Waals surface area contributed by atoms with Crippen LogP contribution in [0.25, 0.3) is 0 Å². The van der Waals surface area contributed by atoms with Gasteiger partial charge in [0.1, 0.15) is 0 Å². The van der Waals surface area contributed by atoms with Crippen molar-refractivity contribution in [2.75, 3.05) is 11.9 Å². The molecule has 0 saturated carbocycles. The lowest BCUT2D eigenvalue weighted by molar-refractivity contribution is 0.938. The molecule has 2 rings (SSSR count). The van der Waals surface area contributed by atoms with Crippen LogP contribution >= 0.6 is 27.3 Å². The molecule has 0 spiro atoms. The van der Waals surface area contributed by atoms with Crippen molar-refractivity contribution >= 4 is 33.0 Å². The van der Waals surface area contributed by atoms with E-state index in [2.05, 4.69) is 72.1 Å². The van der Waals surface area contributed by atoms with Crippen LogP contribution < -0.4 is 4.90 Å². The van der Waals surface area contributed by atoms with Crippen LogP contribution in [0.2, 0.25) is 0 Å². The molecule has 0 fully saturated rings. The van der Waals surface area contributed by atoms with Gasteiger partial charge in [0.2, 0.25) is 0 Å². The average Bonchev–Trinajstić information content (AvgIpc) is 2.62. The third kappa shape index (κ3) is 3.33. The highest BCUT2D eigenvalue weighted by Gasteiger charge is 2.05. The van der Waals surface area contributed by atoms with Gasteiger partial charge in [-0.15, -0.1) is 11.3 Å². The van der Waals surface area contributed by atoms with Crippen LogP contribution in [0.5, 0.6) is 0 Å². The molecule has 1 heterocycles. The smallest absolute Gasteiger partial charge is 0.0702 e. The van der Waals surface area contributed by atoms with E-state index in [4.69, 9.17) is 0 Å². The second kappa shape index (κ2) is 5.23. The molecule has 0 atom stereocenters. The normalized spacial score (nSPS) is 10.6. The average molecular weight is 310 g/mol. The summed E-state index contributed by atoms with van der Waals surface area (Å²) in [6.07, 6.45) is 0. The predicted octanol–water partition coefficient (Wildman–Crippen LogP) is 4.76. The molecule has 0 N–H and O–H groups in total. The Morgan fingerprint density at radius 3 is 2.29 bits per heavy atom. The van der Waals surface area contributed by atoms with E-state index in [1.165, 1.54) is 25.5 Å². The summed E-state index contributed by atoms with van der Waals surface area (Å²) in [4.78, 5) is 3.66. The van der Waals surface area contributed by atoms with Crippen LogP contribution in [0.3, 0.4) is 0 Å². The molecule has 0 unspecified atom stereocenters. The number of benzene rings is 1. The number of thiophene rings is 1. The van der Waals surface area contributed by atoms with Crippen LogP contribution in [0, 0.1) is 13.8 Å². The molecule has 0 aliphatic heterocycles. The van der Waals surface area contributed by atoms with Gasteiger partial charge in [0.15, 0.2) is 0 Å². The minimum absolute atomic E-state index is 0.958. The van der Waals surface area contributed by atoms with Crippen LogP contribution in [-0.2, 0) is 6.54 Å². The van der Waals surface area contributed by atoms with Gasteiger partial charge < -0.3 is 4.90 Å². The molecular weight excluding hydrogens is 294 g/mol. The quantitative estimate of drug-likeness (QED) is 0.790. The molecule has 0 aliphatic rings. The standard InChI is InChI=1S/C14H16BrNS/c1-10-6-11(2)8-12(7-10)16(3)9-13-4-5-14(15)17-13/h4-8H,9H2,1-3H3. The van der Waals surface area contributed by atoms with Gasteiger partial charge in [-0.25, -0.2) is 0 Å². The Labute approximate surface area is 115 Å². The van der Waals surface area contributed by atoms with Crippen molar-refractivity contribution in [1.29, 1.82) is 0 Å². The summed E-state index contributed by atoms with van der Waals surface area (Å²) < 4.78 is 1.20. The zero-order chi connectivity index (χ0) is 12.4. The second-order valence-electron chi connectivity index (χ2n) is 4.41. The lowest BCUT2D eigenvalue weighted by atomic mass is 10.1. The highest BCUT2D eigenvalue weighted by molar-refractivity contribution is 9.11. The zero-order valence-corrected chi connectivity index (χ0v) is 12.7. The number of aryl methyl sites for hydroxylation is 2. The fraction of sp³-hybridized carbons (Fsp3) is 0.286. The summed E-state index contributed by atoms with van der Waals surface area (Å²) in [6, 6.07) is 11.0. The molecule has 0 bridgehead atoms. The lowest BCUT2D eigenvalue weighted by Crippen LogP contribution is -2.15. The van der Waals surface area contributed by atoms with Gasteiger partial charge in [0.25, 0.3) is 0 Å². The van der Waals surface area contributed by atoms with Gasteiger partial charge in [0, 0.05) is 17.6 Å². The molecule has 3 heteroatoms. The fourth-order valence-corrected chi connectivity index (χ4v) is 3.47. The Morgan fingerprint density at radius 1 is 1.12 bits per heavy atom. The van der Waals surface area contributed by atoms with Gasteiger partial charge in [-0.2, -0.15) is 0 Å². The first-order valence-electron chi connectivity index (χ1n) is 5.58. The Kier molecular flexibility index (Phi) is 3.89. The van der Waals surface area contributed by atoms with Crippen LogP contribution in [0.4, 0.5) is 5.69 Å². The highest BCUT2D eigenvalue weighted by atomic mass is 79.9. The Bertz CT molecular complexity index is 498. The highest BCUT2D eigenvalue weighted by Crippen LogP contribution is 2.25. The fourth-order valence-electron chi connectivity index (χ4n) is 1.93. The van der Waals surface area contributed by atoms with E-state index in [1.54, 1.807) is 11.3 Å². The van der Waals surface area contributed by atoms with Crippen molar-refractivity contribution in [3.8, 4) is 0 Å². The molecule has 17 heavy (non-hydrogen) atoms. The first-order chi connectivity index (χ1) is 8.04. The molecule has 0 amide bonds. The van der Waals surface area contributed by atoms with Gasteiger partial charge in [-0.05, 0) is 65.2 Å². The first-order valence-corrected chi connectivity index (χ1v) is 7.19. The monoisotopic (exact) mass is 309 g/mol. The molecule has 90 valence electrons. The van der Waals surface area contributed by atoms with Crippen molar-refractivity contribution in [3.05, 3.63) is 50.1 Å². The Morgan fingerprint density at radius 2 is 1.76 bits per heavy atom. The molecule has 2 aromatic rings. The summed E-state index contributed by atoms with van der Waals surface area (Å²) in [5.74, 6) is 0.